The highest BCUT2D eigenvalue weighted by atomic mass is 79.9. The van der Waals surface area contributed by atoms with E-state index in [0.29, 0.717) is 4.47 Å². The molecular formula is C20H17BrF2N2OS. The second-order valence-electron chi connectivity index (χ2n) is 6.00. The molecule has 2 aromatic carbocycles. The summed E-state index contributed by atoms with van der Waals surface area (Å²) in [5, 5.41) is 7.78. The number of hydrogen-bond acceptors (Lipinski definition) is 3. The summed E-state index contributed by atoms with van der Waals surface area (Å²) in [5.41, 5.74) is 0.958. The van der Waals surface area contributed by atoms with Crippen LogP contribution in [0.25, 0.3) is 0 Å². The van der Waals surface area contributed by atoms with E-state index in [1.165, 1.54) is 35.6 Å². The van der Waals surface area contributed by atoms with E-state index in [0.717, 1.165) is 10.4 Å². The number of halogens is 3. The Morgan fingerprint density at radius 2 is 1.85 bits per heavy atom. The van der Waals surface area contributed by atoms with Gasteiger partial charge in [-0.05, 0) is 54.3 Å². The molecule has 0 aliphatic heterocycles. The molecule has 1 heterocycles. The van der Waals surface area contributed by atoms with Crippen molar-refractivity contribution in [1.29, 1.82) is 0 Å². The number of hydrogen-bond donors (Lipinski definition) is 2. The molecular weight excluding hydrogens is 434 g/mol. The van der Waals surface area contributed by atoms with Gasteiger partial charge in [-0.25, -0.2) is 8.78 Å². The van der Waals surface area contributed by atoms with Crippen LogP contribution in [0.15, 0.2) is 64.5 Å². The minimum Gasteiger partial charge on any atom is -0.322 e. The van der Waals surface area contributed by atoms with Crippen LogP contribution in [-0.2, 0) is 4.79 Å². The predicted molar refractivity (Wildman–Crippen MR) is 108 cm³/mol. The highest BCUT2D eigenvalue weighted by molar-refractivity contribution is 9.10. The molecule has 2 N–H and O–H groups in total. The molecule has 3 rings (SSSR count). The highest BCUT2D eigenvalue weighted by Gasteiger charge is 2.22. The maximum absolute atomic E-state index is 14.0. The number of anilines is 1. The van der Waals surface area contributed by atoms with Gasteiger partial charge in [-0.3, -0.25) is 10.1 Å². The van der Waals surface area contributed by atoms with E-state index < -0.39 is 11.9 Å². The smallest absolute Gasteiger partial charge is 0.241 e. The standard InChI is InChI=1S/C20H17BrF2N2OS/c1-12(20(26)25-17-9-6-14(21)11-16(17)23)24-19(18-3-2-10-27-18)13-4-7-15(22)8-5-13/h2-12,19,24H,1H3,(H,25,26)/t12-,19-/m1/s1. The third-order valence-electron chi connectivity index (χ3n) is 4.03. The first-order valence-electron chi connectivity index (χ1n) is 8.25. The van der Waals surface area contributed by atoms with Gasteiger partial charge in [0.2, 0.25) is 5.91 Å². The summed E-state index contributed by atoms with van der Waals surface area (Å²) in [6, 6.07) is 13.6. The third kappa shape index (κ3) is 5.00. The molecule has 0 unspecified atom stereocenters. The van der Waals surface area contributed by atoms with Crippen LogP contribution in [0.1, 0.15) is 23.4 Å². The lowest BCUT2D eigenvalue weighted by Crippen LogP contribution is -2.40. The van der Waals surface area contributed by atoms with Crippen molar-refractivity contribution >= 4 is 38.9 Å². The van der Waals surface area contributed by atoms with Crippen molar-refractivity contribution < 1.29 is 13.6 Å². The molecule has 0 fully saturated rings. The number of nitrogens with one attached hydrogen (secondary N) is 2. The van der Waals surface area contributed by atoms with Crippen LogP contribution in [0.2, 0.25) is 0 Å². The zero-order valence-electron chi connectivity index (χ0n) is 14.4. The SMILES string of the molecule is C[C@@H](N[C@H](c1ccc(F)cc1)c1cccs1)C(=O)Nc1ccc(Br)cc1F. The summed E-state index contributed by atoms with van der Waals surface area (Å²) < 4.78 is 27.8. The van der Waals surface area contributed by atoms with E-state index in [2.05, 4.69) is 26.6 Å². The van der Waals surface area contributed by atoms with Gasteiger partial charge in [0, 0.05) is 9.35 Å². The maximum atomic E-state index is 14.0. The predicted octanol–water partition coefficient (Wildman–Crippen LogP) is 5.50. The molecule has 3 aromatic rings. The molecule has 0 saturated carbocycles. The number of carbonyl (C=O) groups is 1. The van der Waals surface area contributed by atoms with Crippen molar-refractivity contribution in [3.8, 4) is 0 Å². The number of rotatable bonds is 6. The Hall–Kier alpha value is -2.09. The van der Waals surface area contributed by atoms with Gasteiger partial charge in [0.1, 0.15) is 11.6 Å². The van der Waals surface area contributed by atoms with E-state index >= 15 is 0 Å². The summed E-state index contributed by atoms with van der Waals surface area (Å²) in [7, 11) is 0. The Bertz CT molecular complexity index is 916. The zero-order chi connectivity index (χ0) is 19.4. The van der Waals surface area contributed by atoms with Gasteiger partial charge >= 0.3 is 0 Å². The average Bonchev–Trinajstić information content (AvgIpc) is 3.17. The fourth-order valence-corrected chi connectivity index (χ4v) is 3.76. The molecule has 0 radical (unpaired) electrons. The molecule has 0 aliphatic carbocycles. The van der Waals surface area contributed by atoms with Crippen molar-refractivity contribution in [3.05, 3.63) is 86.5 Å². The van der Waals surface area contributed by atoms with Crippen LogP contribution in [0.3, 0.4) is 0 Å². The van der Waals surface area contributed by atoms with Crippen molar-refractivity contribution in [2.45, 2.75) is 19.0 Å². The number of amides is 1. The number of carbonyl (C=O) groups excluding carboxylic acids is 1. The topological polar surface area (TPSA) is 41.1 Å². The van der Waals surface area contributed by atoms with Gasteiger partial charge in [0.05, 0.1) is 17.8 Å². The normalized spacial score (nSPS) is 13.2. The molecule has 3 nitrogen and oxygen atoms in total. The van der Waals surface area contributed by atoms with Gasteiger partial charge in [-0.15, -0.1) is 11.3 Å². The fraction of sp³-hybridized carbons (Fsp3) is 0.150. The Morgan fingerprint density at radius 1 is 1.11 bits per heavy atom. The summed E-state index contributed by atoms with van der Waals surface area (Å²) in [4.78, 5) is 13.5. The van der Waals surface area contributed by atoms with Crippen molar-refractivity contribution in [3.63, 3.8) is 0 Å². The average molecular weight is 451 g/mol. The van der Waals surface area contributed by atoms with Gasteiger partial charge in [-0.2, -0.15) is 0 Å². The van der Waals surface area contributed by atoms with E-state index in [-0.39, 0.29) is 23.5 Å². The van der Waals surface area contributed by atoms with Crippen molar-refractivity contribution in [2.24, 2.45) is 0 Å². The number of thiophene rings is 1. The Morgan fingerprint density at radius 3 is 2.48 bits per heavy atom. The second kappa shape index (κ2) is 8.73. The summed E-state index contributed by atoms with van der Waals surface area (Å²) in [5.74, 6) is -1.20. The monoisotopic (exact) mass is 450 g/mol. The largest absolute Gasteiger partial charge is 0.322 e. The first kappa shape index (κ1) is 19.7. The van der Waals surface area contributed by atoms with Crippen LogP contribution in [-0.4, -0.2) is 11.9 Å². The Kier molecular flexibility index (Phi) is 6.36. The second-order valence-corrected chi connectivity index (χ2v) is 7.90. The first-order valence-corrected chi connectivity index (χ1v) is 9.92. The molecule has 0 spiro atoms. The minimum absolute atomic E-state index is 0.117. The quantitative estimate of drug-likeness (QED) is 0.520. The Balaban J connectivity index is 1.76. The van der Waals surface area contributed by atoms with Gasteiger partial charge < -0.3 is 5.32 Å². The summed E-state index contributed by atoms with van der Waals surface area (Å²) in [6.07, 6.45) is 0. The zero-order valence-corrected chi connectivity index (χ0v) is 16.8. The van der Waals surface area contributed by atoms with Crippen LogP contribution in [0.5, 0.6) is 0 Å². The van der Waals surface area contributed by atoms with Crippen LogP contribution < -0.4 is 10.6 Å². The molecule has 0 saturated heterocycles. The van der Waals surface area contributed by atoms with Gasteiger partial charge in [-0.1, -0.05) is 34.1 Å². The molecule has 0 bridgehead atoms. The van der Waals surface area contributed by atoms with Gasteiger partial charge in [0.15, 0.2) is 0 Å². The minimum atomic E-state index is -0.606. The fourth-order valence-electron chi connectivity index (χ4n) is 2.61. The lowest BCUT2D eigenvalue weighted by molar-refractivity contribution is -0.117. The van der Waals surface area contributed by atoms with Crippen LogP contribution in [0, 0.1) is 11.6 Å². The van der Waals surface area contributed by atoms with E-state index in [9.17, 15) is 13.6 Å². The van der Waals surface area contributed by atoms with E-state index in [1.807, 2.05) is 17.5 Å². The first-order chi connectivity index (χ1) is 12.9. The lowest BCUT2D eigenvalue weighted by atomic mass is 10.0. The molecule has 1 aromatic heterocycles. The third-order valence-corrected chi connectivity index (χ3v) is 5.46. The van der Waals surface area contributed by atoms with Crippen LogP contribution >= 0.6 is 27.3 Å². The van der Waals surface area contributed by atoms with Crippen molar-refractivity contribution in [1.82, 2.24) is 5.32 Å². The van der Waals surface area contributed by atoms with Crippen molar-refractivity contribution in [2.75, 3.05) is 5.32 Å². The molecule has 0 aliphatic rings. The molecule has 7 heteroatoms. The maximum Gasteiger partial charge on any atom is 0.241 e. The molecule has 2 atom stereocenters. The number of benzene rings is 2. The summed E-state index contributed by atoms with van der Waals surface area (Å²) >= 11 is 4.73. The van der Waals surface area contributed by atoms with E-state index in [1.54, 1.807) is 25.1 Å². The lowest BCUT2D eigenvalue weighted by Gasteiger charge is -2.23. The Labute approximate surface area is 168 Å². The molecule has 27 heavy (non-hydrogen) atoms. The van der Waals surface area contributed by atoms with E-state index in [4.69, 9.17) is 0 Å². The molecule has 140 valence electrons. The van der Waals surface area contributed by atoms with Crippen LogP contribution in [0.4, 0.5) is 14.5 Å². The highest BCUT2D eigenvalue weighted by Crippen LogP contribution is 2.27. The molecule has 1 amide bonds. The summed E-state index contributed by atoms with van der Waals surface area (Å²) in [6.45, 7) is 1.70. The van der Waals surface area contributed by atoms with Gasteiger partial charge in [0.25, 0.3) is 0 Å².